The SMILES string of the molecule is Cc1ccc(C)c2c1-c1cccc3c(N(c4ccc(-c5ccc(N(c6ccc7c(c6)CCCC7)c6ccc7c8c(cccc68)-c6c(C)ccc(C)c6-7)cc5)cc4)c4ccc5c(c4)CCCC5)ccc-2c13. The van der Waals surface area contributed by atoms with Gasteiger partial charge in [-0.1, -0.05) is 109 Å². The molecule has 4 aliphatic rings. The fourth-order valence-electron chi connectivity index (χ4n) is 13.2. The van der Waals surface area contributed by atoms with Gasteiger partial charge in [-0.3, -0.25) is 0 Å². The van der Waals surface area contributed by atoms with Crippen LogP contribution in [0.2, 0.25) is 0 Å². The van der Waals surface area contributed by atoms with Crippen LogP contribution < -0.4 is 9.80 Å². The number of hydrogen-bond acceptors (Lipinski definition) is 2. The standard InChI is InChI=1S/C68H56N2/c1-41-19-21-43(3)65-59-35-37-61(55-15-9-17-57(63(41)65)67(55)59)69(53-33-27-45-11-5-7-13-49(45)39-53)51-29-23-47(24-30-51)48-25-31-52(32-26-48)70(54-34-28-46-12-6-8-14-50(46)40-54)62-38-36-60-66-44(4)22-20-42(2)64(66)58-18-10-16-56(62)68(58)60/h9-10,15-40H,5-8,11-14H2,1-4H3. The van der Waals surface area contributed by atoms with Crippen LogP contribution in [0.15, 0.2) is 170 Å². The predicted octanol–water partition coefficient (Wildman–Crippen LogP) is 18.9. The van der Waals surface area contributed by atoms with E-state index in [0.29, 0.717) is 0 Å². The summed E-state index contributed by atoms with van der Waals surface area (Å²) in [6.45, 7) is 9.05. The fraction of sp³-hybridized carbons (Fsp3) is 0.176. The maximum absolute atomic E-state index is 2.52. The van der Waals surface area contributed by atoms with Gasteiger partial charge < -0.3 is 9.80 Å². The van der Waals surface area contributed by atoms with E-state index in [2.05, 4.69) is 207 Å². The average Bonchev–Trinajstić information content (AvgIpc) is 3.94. The molecule has 4 aliphatic carbocycles. The first-order valence-electron chi connectivity index (χ1n) is 25.8. The normalized spacial score (nSPS) is 13.8. The molecule has 0 saturated heterocycles. The van der Waals surface area contributed by atoms with Crippen molar-refractivity contribution >= 4 is 55.7 Å². The molecule has 0 amide bonds. The molecule has 0 radical (unpaired) electrons. The molecular weight excluding hydrogens is 845 g/mol. The molecule has 0 heterocycles. The molecule has 14 rings (SSSR count). The van der Waals surface area contributed by atoms with Crippen LogP contribution in [0.3, 0.4) is 0 Å². The molecule has 2 nitrogen and oxygen atoms in total. The average molecular weight is 901 g/mol. The van der Waals surface area contributed by atoms with E-state index in [0.717, 1.165) is 24.2 Å². The molecule has 70 heavy (non-hydrogen) atoms. The Bertz CT molecular complexity index is 3490. The van der Waals surface area contributed by atoms with Gasteiger partial charge in [0.15, 0.2) is 0 Å². The zero-order chi connectivity index (χ0) is 46.8. The zero-order valence-electron chi connectivity index (χ0n) is 40.7. The molecule has 0 spiro atoms. The highest BCUT2D eigenvalue weighted by molar-refractivity contribution is 6.21. The highest BCUT2D eigenvalue weighted by Crippen LogP contribution is 2.55. The second-order valence-corrected chi connectivity index (χ2v) is 20.7. The number of rotatable bonds is 7. The van der Waals surface area contributed by atoms with Crippen molar-refractivity contribution in [3.8, 4) is 55.6 Å². The van der Waals surface area contributed by atoms with E-state index < -0.39 is 0 Å². The van der Waals surface area contributed by atoms with Crippen LogP contribution in [0, 0.1) is 27.7 Å². The number of fused-ring (bicyclic) bond motifs is 8. The molecule has 0 aromatic heterocycles. The lowest BCUT2D eigenvalue weighted by atomic mass is 9.91. The highest BCUT2D eigenvalue weighted by Gasteiger charge is 2.30. The van der Waals surface area contributed by atoms with Gasteiger partial charge in [-0.25, -0.2) is 0 Å². The van der Waals surface area contributed by atoms with Crippen molar-refractivity contribution in [2.45, 2.75) is 79.1 Å². The molecular formula is C68H56N2. The summed E-state index contributed by atoms with van der Waals surface area (Å²) in [5.74, 6) is 0. The first-order valence-corrected chi connectivity index (χ1v) is 25.8. The van der Waals surface area contributed by atoms with Crippen molar-refractivity contribution in [3.63, 3.8) is 0 Å². The molecule has 2 heteroatoms. The van der Waals surface area contributed by atoms with Crippen LogP contribution in [0.1, 0.15) is 70.2 Å². The summed E-state index contributed by atoms with van der Waals surface area (Å²) < 4.78 is 0. The summed E-state index contributed by atoms with van der Waals surface area (Å²) in [6, 6.07) is 65.6. The van der Waals surface area contributed by atoms with Crippen molar-refractivity contribution in [1.29, 1.82) is 0 Å². The van der Waals surface area contributed by atoms with Crippen LogP contribution in [0.5, 0.6) is 0 Å². The van der Waals surface area contributed by atoms with E-state index in [9.17, 15) is 0 Å². The first kappa shape index (κ1) is 41.3. The van der Waals surface area contributed by atoms with Crippen LogP contribution >= 0.6 is 0 Å². The Kier molecular flexibility index (Phi) is 9.40. The second kappa shape index (κ2) is 15.9. The molecule has 10 aromatic rings. The fourth-order valence-corrected chi connectivity index (χ4v) is 13.2. The lowest BCUT2D eigenvalue weighted by Gasteiger charge is -2.29. The predicted molar refractivity (Wildman–Crippen MR) is 297 cm³/mol. The summed E-state index contributed by atoms with van der Waals surface area (Å²) in [6.07, 6.45) is 9.69. The van der Waals surface area contributed by atoms with Crippen molar-refractivity contribution in [2.75, 3.05) is 9.80 Å². The summed E-state index contributed by atoms with van der Waals surface area (Å²) in [5, 5.41) is 5.31. The quantitative estimate of drug-likeness (QED) is 0.157. The van der Waals surface area contributed by atoms with Crippen molar-refractivity contribution in [3.05, 3.63) is 214 Å². The molecule has 0 N–H and O–H groups in total. The lowest BCUT2D eigenvalue weighted by molar-refractivity contribution is 0.685. The van der Waals surface area contributed by atoms with Gasteiger partial charge in [0.2, 0.25) is 0 Å². The monoisotopic (exact) mass is 900 g/mol. The number of anilines is 6. The molecule has 0 unspecified atom stereocenters. The van der Waals surface area contributed by atoms with E-state index in [-0.39, 0.29) is 0 Å². The Morgan fingerprint density at radius 2 is 0.643 bits per heavy atom. The van der Waals surface area contributed by atoms with Gasteiger partial charge in [0.05, 0.1) is 11.4 Å². The van der Waals surface area contributed by atoms with Gasteiger partial charge in [-0.15, -0.1) is 0 Å². The summed E-state index contributed by atoms with van der Waals surface area (Å²) in [7, 11) is 0. The smallest absolute Gasteiger partial charge is 0.0540 e. The first-order chi connectivity index (χ1) is 34.4. The van der Waals surface area contributed by atoms with E-state index in [1.807, 2.05) is 0 Å². The number of hydrogen-bond donors (Lipinski definition) is 0. The van der Waals surface area contributed by atoms with Crippen LogP contribution in [-0.2, 0) is 25.7 Å². The largest absolute Gasteiger partial charge is 0.310 e. The van der Waals surface area contributed by atoms with E-state index >= 15 is 0 Å². The van der Waals surface area contributed by atoms with Crippen LogP contribution in [0.4, 0.5) is 34.1 Å². The maximum Gasteiger partial charge on any atom is 0.0540 e. The van der Waals surface area contributed by atoms with Crippen LogP contribution in [0.25, 0.3) is 77.2 Å². The maximum atomic E-state index is 2.52. The molecule has 0 saturated carbocycles. The van der Waals surface area contributed by atoms with Gasteiger partial charge in [0, 0.05) is 33.5 Å². The zero-order valence-corrected chi connectivity index (χ0v) is 40.7. The van der Waals surface area contributed by atoms with Gasteiger partial charge in [-0.05, 0) is 251 Å². The Labute approximate surface area is 412 Å². The number of benzene rings is 10. The minimum atomic E-state index is 1.14. The van der Waals surface area contributed by atoms with Gasteiger partial charge in [-0.2, -0.15) is 0 Å². The third-order valence-corrected chi connectivity index (χ3v) is 16.6. The lowest BCUT2D eigenvalue weighted by Crippen LogP contribution is -2.12. The minimum absolute atomic E-state index is 1.14. The van der Waals surface area contributed by atoms with Gasteiger partial charge >= 0.3 is 0 Å². The molecule has 0 bridgehead atoms. The molecule has 338 valence electrons. The Morgan fingerprint density at radius 1 is 0.300 bits per heavy atom. The third kappa shape index (κ3) is 6.25. The molecule has 10 aromatic carbocycles. The van der Waals surface area contributed by atoms with E-state index in [1.165, 1.54) is 183 Å². The van der Waals surface area contributed by atoms with E-state index in [1.54, 1.807) is 0 Å². The third-order valence-electron chi connectivity index (χ3n) is 16.6. The summed E-state index contributed by atoms with van der Waals surface area (Å²) >= 11 is 0. The Morgan fingerprint density at radius 3 is 1.03 bits per heavy atom. The highest BCUT2D eigenvalue weighted by atomic mass is 15.1. The van der Waals surface area contributed by atoms with Gasteiger partial charge in [0.25, 0.3) is 0 Å². The Hall–Kier alpha value is -7.68. The number of nitrogens with zero attached hydrogens (tertiary/aromatic N) is 2. The molecule has 0 atom stereocenters. The summed E-state index contributed by atoms with van der Waals surface area (Å²) in [5.41, 5.74) is 31.9. The van der Waals surface area contributed by atoms with E-state index in [4.69, 9.17) is 0 Å². The number of aryl methyl sites for hydroxylation is 8. The second-order valence-electron chi connectivity index (χ2n) is 20.7. The minimum Gasteiger partial charge on any atom is -0.310 e. The summed E-state index contributed by atoms with van der Waals surface area (Å²) in [4.78, 5) is 5.03. The van der Waals surface area contributed by atoms with Crippen LogP contribution in [-0.4, -0.2) is 0 Å². The topological polar surface area (TPSA) is 6.48 Å². The van der Waals surface area contributed by atoms with Crippen molar-refractivity contribution in [2.24, 2.45) is 0 Å². The molecule has 0 aliphatic heterocycles. The van der Waals surface area contributed by atoms with Crippen molar-refractivity contribution in [1.82, 2.24) is 0 Å². The van der Waals surface area contributed by atoms with Crippen molar-refractivity contribution < 1.29 is 0 Å². The Balaban J connectivity index is 0.866. The van der Waals surface area contributed by atoms with Gasteiger partial charge in [0.1, 0.15) is 0 Å². The molecule has 0 fully saturated rings.